The van der Waals surface area contributed by atoms with Crippen molar-refractivity contribution in [3.05, 3.63) is 48.3 Å². The van der Waals surface area contributed by atoms with Gasteiger partial charge in [-0.15, -0.1) is 0 Å². The summed E-state index contributed by atoms with van der Waals surface area (Å²) >= 11 is 0. The fourth-order valence-corrected chi connectivity index (χ4v) is 2.34. The van der Waals surface area contributed by atoms with Crippen LogP contribution in [0.5, 0.6) is 0 Å². The number of amides is 2. The fraction of sp³-hybridized carbons (Fsp3) is 0.389. The molecule has 2 rings (SSSR count). The minimum absolute atomic E-state index is 0.0885. The van der Waals surface area contributed by atoms with Crippen LogP contribution in [0, 0.1) is 0 Å². The molecule has 0 bridgehead atoms. The summed E-state index contributed by atoms with van der Waals surface area (Å²) < 4.78 is 1.77. The Balaban J connectivity index is 1.77. The van der Waals surface area contributed by atoms with Crippen molar-refractivity contribution in [3.8, 4) is 5.69 Å². The molecule has 0 aliphatic rings. The summed E-state index contributed by atoms with van der Waals surface area (Å²) in [5.41, 5.74) is 1.88. The summed E-state index contributed by atoms with van der Waals surface area (Å²) in [6, 6.07) is 9.87. The Labute approximate surface area is 148 Å². The molecule has 7 heteroatoms. The number of hydrogen-bond donors (Lipinski definition) is 2. The first-order valence-corrected chi connectivity index (χ1v) is 8.27. The Morgan fingerprint density at radius 3 is 2.52 bits per heavy atom. The maximum absolute atomic E-state index is 12.0. The molecule has 0 unspecified atom stereocenters. The van der Waals surface area contributed by atoms with Gasteiger partial charge in [0, 0.05) is 24.3 Å². The van der Waals surface area contributed by atoms with Gasteiger partial charge in [0.1, 0.15) is 0 Å². The normalized spacial score (nSPS) is 10.9. The smallest absolute Gasteiger partial charge is 0.234 e. The molecular weight excluding hydrogens is 318 g/mol. The van der Waals surface area contributed by atoms with Crippen LogP contribution in [0.2, 0.25) is 0 Å². The average Bonchev–Trinajstić information content (AvgIpc) is 3.01. The van der Waals surface area contributed by atoms with Gasteiger partial charge in [-0.25, -0.2) is 4.68 Å². The standard InChI is InChI=1S/C18H25N5O2/c1-14(2)21-18(25)13-22(3)12-17(24)19-9-15-10-20-23(11-15)16-7-5-4-6-8-16/h4-8,10-11,14H,9,12-13H2,1-3H3,(H,19,24)(H,21,25). The Morgan fingerprint density at radius 2 is 1.84 bits per heavy atom. The zero-order chi connectivity index (χ0) is 18.2. The van der Waals surface area contributed by atoms with E-state index in [-0.39, 0.29) is 30.9 Å². The van der Waals surface area contributed by atoms with Gasteiger partial charge in [-0.05, 0) is 33.0 Å². The lowest BCUT2D eigenvalue weighted by Crippen LogP contribution is -2.42. The van der Waals surface area contributed by atoms with E-state index >= 15 is 0 Å². The number of carbonyl (C=O) groups excluding carboxylic acids is 2. The van der Waals surface area contributed by atoms with Crippen LogP contribution in [0.3, 0.4) is 0 Å². The molecule has 1 aromatic carbocycles. The molecule has 134 valence electrons. The third-order valence-corrected chi connectivity index (χ3v) is 3.42. The summed E-state index contributed by atoms with van der Waals surface area (Å²) in [5, 5.41) is 9.94. The highest BCUT2D eigenvalue weighted by Gasteiger charge is 2.11. The number of likely N-dealkylation sites (N-methyl/N-ethyl adjacent to an activating group) is 1. The maximum atomic E-state index is 12.0. The number of benzene rings is 1. The summed E-state index contributed by atoms with van der Waals surface area (Å²) in [6.07, 6.45) is 3.61. The van der Waals surface area contributed by atoms with Gasteiger partial charge in [-0.3, -0.25) is 14.5 Å². The van der Waals surface area contributed by atoms with Crippen LogP contribution in [0.4, 0.5) is 0 Å². The van der Waals surface area contributed by atoms with E-state index in [1.807, 2.05) is 50.4 Å². The molecule has 0 radical (unpaired) electrons. The van der Waals surface area contributed by atoms with Gasteiger partial charge >= 0.3 is 0 Å². The molecule has 25 heavy (non-hydrogen) atoms. The van der Waals surface area contributed by atoms with Crippen molar-refractivity contribution in [2.75, 3.05) is 20.1 Å². The first-order chi connectivity index (χ1) is 11.9. The van der Waals surface area contributed by atoms with Gasteiger partial charge in [-0.2, -0.15) is 5.10 Å². The number of rotatable bonds is 8. The van der Waals surface area contributed by atoms with E-state index in [0.717, 1.165) is 11.3 Å². The highest BCUT2D eigenvalue weighted by atomic mass is 16.2. The lowest BCUT2D eigenvalue weighted by molar-refractivity contribution is -0.124. The monoisotopic (exact) mass is 343 g/mol. The molecule has 2 N–H and O–H groups in total. The van der Waals surface area contributed by atoms with E-state index in [1.54, 1.807) is 22.8 Å². The molecule has 0 saturated carbocycles. The van der Waals surface area contributed by atoms with E-state index in [1.165, 1.54) is 0 Å². The van der Waals surface area contributed by atoms with Crippen molar-refractivity contribution in [2.24, 2.45) is 0 Å². The fourth-order valence-electron chi connectivity index (χ4n) is 2.34. The molecule has 0 atom stereocenters. The van der Waals surface area contributed by atoms with Gasteiger partial charge in [-0.1, -0.05) is 18.2 Å². The quantitative estimate of drug-likeness (QED) is 0.748. The minimum Gasteiger partial charge on any atom is -0.353 e. The van der Waals surface area contributed by atoms with Crippen LogP contribution in [0.15, 0.2) is 42.7 Å². The van der Waals surface area contributed by atoms with Crippen molar-refractivity contribution < 1.29 is 9.59 Å². The van der Waals surface area contributed by atoms with Gasteiger partial charge < -0.3 is 10.6 Å². The summed E-state index contributed by atoms with van der Waals surface area (Å²) in [6.45, 7) is 4.56. The van der Waals surface area contributed by atoms with Crippen LogP contribution in [-0.2, 0) is 16.1 Å². The molecule has 0 spiro atoms. The van der Waals surface area contributed by atoms with E-state index in [0.29, 0.717) is 6.54 Å². The van der Waals surface area contributed by atoms with E-state index in [4.69, 9.17) is 0 Å². The van der Waals surface area contributed by atoms with Gasteiger partial charge in [0.05, 0.1) is 25.0 Å². The van der Waals surface area contributed by atoms with Gasteiger partial charge in [0.2, 0.25) is 11.8 Å². The van der Waals surface area contributed by atoms with Crippen LogP contribution in [0.1, 0.15) is 19.4 Å². The Kier molecular flexibility index (Phi) is 6.71. The molecule has 7 nitrogen and oxygen atoms in total. The SMILES string of the molecule is CC(C)NC(=O)CN(C)CC(=O)NCc1cnn(-c2ccccc2)c1. The maximum Gasteiger partial charge on any atom is 0.234 e. The second kappa shape index (κ2) is 8.98. The Morgan fingerprint density at radius 1 is 1.16 bits per heavy atom. The predicted octanol–water partition coefficient (Wildman–Crippen LogP) is 0.945. The first-order valence-electron chi connectivity index (χ1n) is 8.27. The predicted molar refractivity (Wildman–Crippen MR) is 96.2 cm³/mol. The second-order valence-corrected chi connectivity index (χ2v) is 6.30. The van der Waals surface area contributed by atoms with Crippen molar-refractivity contribution in [2.45, 2.75) is 26.4 Å². The summed E-state index contributed by atoms with van der Waals surface area (Å²) in [5.74, 6) is -0.221. The van der Waals surface area contributed by atoms with Gasteiger partial charge in [0.25, 0.3) is 0 Å². The molecule has 0 saturated heterocycles. The first kappa shape index (κ1) is 18.7. The Hall–Kier alpha value is -2.67. The number of para-hydroxylation sites is 1. The van der Waals surface area contributed by atoms with E-state index in [9.17, 15) is 9.59 Å². The van der Waals surface area contributed by atoms with E-state index < -0.39 is 0 Å². The molecular formula is C18H25N5O2. The second-order valence-electron chi connectivity index (χ2n) is 6.30. The van der Waals surface area contributed by atoms with Crippen LogP contribution in [-0.4, -0.2) is 52.7 Å². The number of carbonyl (C=O) groups is 2. The third-order valence-electron chi connectivity index (χ3n) is 3.42. The van der Waals surface area contributed by atoms with E-state index in [2.05, 4.69) is 15.7 Å². The summed E-state index contributed by atoms with van der Waals surface area (Å²) in [7, 11) is 1.74. The van der Waals surface area contributed by atoms with Crippen molar-refractivity contribution in [3.63, 3.8) is 0 Å². The third kappa shape index (κ3) is 6.39. The van der Waals surface area contributed by atoms with Crippen molar-refractivity contribution >= 4 is 11.8 Å². The van der Waals surface area contributed by atoms with Crippen LogP contribution < -0.4 is 10.6 Å². The lowest BCUT2D eigenvalue weighted by Gasteiger charge is -2.16. The minimum atomic E-state index is -0.132. The molecule has 2 aromatic rings. The number of nitrogens with one attached hydrogen (secondary N) is 2. The average molecular weight is 343 g/mol. The lowest BCUT2D eigenvalue weighted by atomic mass is 10.3. The summed E-state index contributed by atoms with van der Waals surface area (Å²) in [4.78, 5) is 25.3. The highest BCUT2D eigenvalue weighted by Crippen LogP contribution is 2.07. The number of hydrogen-bond acceptors (Lipinski definition) is 4. The molecule has 1 aromatic heterocycles. The number of nitrogens with zero attached hydrogens (tertiary/aromatic N) is 3. The molecule has 0 aliphatic carbocycles. The van der Waals surface area contributed by atoms with Crippen molar-refractivity contribution in [1.82, 2.24) is 25.3 Å². The molecule has 0 aliphatic heterocycles. The zero-order valence-electron chi connectivity index (χ0n) is 14.9. The molecule has 2 amide bonds. The van der Waals surface area contributed by atoms with Gasteiger partial charge in [0.15, 0.2) is 0 Å². The topological polar surface area (TPSA) is 79.3 Å². The highest BCUT2D eigenvalue weighted by molar-refractivity contribution is 5.81. The molecule has 1 heterocycles. The zero-order valence-corrected chi connectivity index (χ0v) is 14.9. The number of aromatic nitrogens is 2. The van der Waals surface area contributed by atoms with Crippen LogP contribution in [0.25, 0.3) is 5.69 Å². The van der Waals surface area contributed by atoms with Crippen LogP contribution >= 0.6 is 0 Å². The van der Waals surface area contributed by atoms with Crippen molar-refractivity contribution in [1.29, 1.82) is 0 Å². The largest absolute Gasteiger partial charge is 0.353 e. The Bertz CT molecular complexity index is 697. The molecule has 0 fully saturated rings.